The van der Waals surface area contributed by atoms with E-state index in [0.717, 1.165) is 0 Å². The van der Waals surface area contributed by atoms with E-state index in [-0.39, 0.29) is 207 Å². The first kappa shape index (κ1) is 65.1. The average Bonchev–Trinajstić information content (AvgIpc) is 2.41. The van der Waals surface area contributed by atoms with Gasteiger partial charge in [-0.3, -0.25) is 14.7 Å². The maximum atomic E-state index is 11.1. The van der Waals surface area contributed by atoms with Gasteiger partial charge < -0.3 is 71.8 Å². The van der Waals surface area contributed by atoms with Crippen LogP contribution in [0.15, 0.2) is 0 Å². The Kier molecular flexibility index (Phi) is 49.0. The van der Waals surface area contributed by atoms with Crippen LogP contribution < -0.4 is 256 Å². The molecule has 39 heavy (non-hydrogen) atoms. The first-order valence-electron chi connectivity index (χ1n) is 8.17. The fourth-order valence-corrected chi connectivity index (χ4v) is 6.43. The molecular weight excluding hydrogens is 706 g/mol. The average molecular weight is 724 g/mol. The van der Waals surface area contributed by atoms with Crippen LogP contribution in [0.3, 0.4) is 0 Å². The maximum Gasteiger partial charge on any atom is 1.00 e. The zero-order valence-corrected chi connectivity index (χ0v) is 41.5. The summed E-state index contributed by atoms with van der Waals surface area (Å²) in [5, 5.41) is 0. The Hall–Kier alpha value is 7.63. The molecular formula is C9H18N3Na7O15P5-3. The Morgan fingerprint density at radius 1 is 0.308 bits per heavy atom. The van der Waals surface area contributed by atoms with Crippen molar-refractivity contribution in [3.05, 3.63) is 0 Å². The van der Waals surface area contributed by atoms with Gasteiger partial charge in [0.15, 0.2) is 0 Å². The molecule has 0 spiro atoms. The summed E-state index contributed by atoms with van der Waals surface area (Å²) >= 11 is 0. The van der Waals surface area contributed by atoms with E-state index < -0.39 is 95.6 Å². The van der Waals surface area contributed by atoms with Gasteiger partial charge in [0, 0.05) is 57.6 Å². The normalized spacial score (nSPS) is 12.0. The van der Waals surface area contributed by atoms with Crippen LogP contribution in [0, 0.1) is 0 Å². The topological polar surface area (TPSA) is 326 Å². The number of nitrogens with zero attached hydrogens (tertiary/aromatic N) is 3. The van der Waals surface area contributed by atoms with Crippen molar-refractivity contribution in [2.75, 3.05) is 57.6 Å². The molecule has 0 aromatic rings. The second-order valence-corrected chi connectivity index (χ2v) is 14.2. The van der Waals surface area contributed by atoms with Gasteiger partial charge >= 0.3 is 207 Å². The minimum atomic E-state index is -5.37. The zero-order chi connectivity index (χ0) is 25.6. The molecule has 0 saturated heterocycles. The van der Waals surface area contributed by atoms with Gasteiger partial charge in [-0.2, -0.15) is 0 Å². The van der Waals surface area contributed by atoms with Gasteiger partial charge in [-0.05, 0) is 0 Å². The van der Waals surface area contributed by atoms with Crippen LogP contribution in [0.25, 0.3) is 0 Å². The van der Waals surface area contributed by atoms with E-state index in [0.29, 0.717) is 14.7 Å². The first-order valence-corrected chi connectivity index (χ1v) is 16.8. The fraction of sp³-hybridized carbons (Fsp3) is 1.00. The van der Waals surface area contributed by atoms with E-state index in [4.69, 9.17) is 0 Å². The molecule has 0 bridgehead atoms. The summed E-state index contributed by atoms with van der Waals surface area (Å²) in [5.74, 6) is 0. The molecule has 0 fully saturated rings. The van der Waals surface area contributed by atoms with Gasteiger partial charge in [0.2, 0.25) is 0 Å². The molecule has 0 aromatic carbocycles. The molecule has 0 rings (SSSR count). The fourth-order valence-electron chi connectivity index (χ4n) is 2.42. The molecule has 0 unspecified atom stereocenters. The van der Waals surface area contributed by atoms with Crippen molar-refractivity contribution in [3.8, 4) is 0 Å². The summed E-state index contributed by atoms with van der Waals surface area (Å²) in [5.41, 5.74) is 0. The maximum absolute atomic E-state index is 11.1. The van der Waals surface area contributed by atoms with Crippen LogP contribution in [-0.2, 0) is 22.8 Å². The smallest absolute Gasteiger partial charge is 0.810 e. The summed E-state index contributed by atoms with van der Waals surface area (Å²) < 4.78 is 54.6. The van der Waals surface area contributed by atoms with E-state index in [1.54, 1.807) is 0 Å². The molecule has 0 aliphatic carbocycles. The van der Waals surface area contributed by atoms with E-state index in [1.165, 1.54) is 0 Å². The van der Waals surface area contributed by atoms with Gasteiger partial charge in [-0.25, -0.2) is 0 Å². The van der Waals surface area contributed by atoms with Crippen molar-refractivity contribution in [3.63, 3.8) is 0 Å². The molecule has 18 nitrogen and oxygen atoms in total. The molecule has 0 N–H and O–H groups in total. The molecule has 0 saturated carbocycles. The Bertz CT molecular complexity index is 747. The summed E-state index contributed by atoms with van der Waals surface area (Å²) in [7, 11) is -26.8. The second kappa shape index (κ2) is 29.4. The molecule has 30 heteroatoms. The van der Waals surface area contributed by atoms with Crippen LogP contribution in [-0.4, -0.2) is 72.3 Å². The van der Waals surface area contributed by atoms with Crippen molar-refractivity contribution in [1.82, 2.24) is 14.7 Å². The van der Waals surface area contributed by atoms with E-state index >= 15 is 0 Å². The first-order chi connectivity index (χ1) is 13.9. The van der Waals surface area contributed by atoms with Crippen molar-refractivity contribution in [2.24, 2.45) is 0 Å². The van der Waals surface area contributed by atoms with Crippen LogP contribution in [0.4, 0.5) is 0 Å². The summed E-state index contributed by atoms with van der Waals surface area (Å²) in [4.78, 5) is 111. The van der Waals surface area contributed by atoms with E-state index in [1.807, 2.05) is 0 Å². The van der Waals surface area contributed by atoms with Crippen LogP contribution in [0.2, 0.25) is 0 Å². The monoisotopic (exact) mass is 724 g/mol. The number of hydrogen-bond acceptors (Lipinski definition) is 18. The molecule has 0 aliphatic rings. The van der Waals surface area contributed by atoms with Crippen LogP contribution >= 0.6 is 38.0 Å². The summed E-state index contributed by atoms with van der Waals surface area (Å²) in [6.07, 6.45) is -7.03. The third-order valence-corrected chi connectivity index (χ3v) is 7.06. The quantitative estimate of drug-likeness (QED) is 0.105. The van der Waals surface area contributed by atoms with Crippen LogP contribution in [0.1, 0.15) is 0 Å². The van der Waals surface area contributed by atoms with Crippen molar-refractivity contribution in [2.45, 2.75) is 0 Å². The van der Waals surface area contributed by atoms with Crippen molar-refractivity contribution >= 4 is 38.0 Å². The number of rotatable bonds is 16. The Morgan fingerprint density at radius 2 is 0.436 bits per heavy atom. The van der Waals surface area contributed by atoms with E-state index in [9.17, 15) is 71.8 Å². The van der Waals surface area contributed by atoms with Gasteiger partial charge in [0.25, 0.3) is 0 Å². The largest absolute Gasteiger partial charge is 1.00 e. The molecule has 194 valence electrons. The third-order valence-electron chi connectivity index (χ3n) is 3.33. The summed E-state index contributed by atoms with van der Waals surface area (Å²) in [6, 6.07) is 0. The second-order valence-electron chi connectivity index (χ2n) is 6.67. The predicted molar refractivity (Wildman–Crippen MR) is 87.4 cm³/mol. The molecule has 0 aliphatic heterocycles. The summed E-state index contributed by atoms with van der Waals surface area (Å²) in [6.45, 7) is -2.82. The minimum Gasteiger partial charge on any atom is -0.810 e. The zero-order valence-electron chi connectivity index (χ0n) is 23.1. The predicted octanol–water partition coefficient (Wildman–Crippen LogP) is -29.7. The minimum absolute atomic E-state index is 0. The molecule has 0 aromatic heterocycles. The van der Waals surface area contributed by atoms with Gasteiger partial charge in [-0.1, -0.05) is 38.0 Å². The molecule has 0 heterocycles. The van der Waals surface area contributed by atoms with E-state index in [2.05, 4.69) is 0 Å². The Balaban J connectivity index is -0.000000229. The van der Waals surface area contributed by atoms with Gasteiger partial charge in [-0.15, -0.1) is 0 Å². The van der Waals surface area contributed by atoms with Crippen molar-refractivity contribution < 1.29 is 279 Å². The third kappa shape index (κ3) is 47.8. The molecule has 0 radical (unpaired) electrons. The Labute approximate surface area is 381 Å². The molecule has 0 atom stereocenters. The number of hydrogen-bond donors (Lipinski definition) is 0. The van der Waals surface area contributed by atoms with Gasteiger partial charge in [0.1, 0.15) is 0 Å². The van der Waals surface area contributed by atoms with Crippen molar-refractivity contribution in [1.29, 1.82) is 0 Å². The SMILES string of the molecule is O=P([O-])([O-])CN(CCN(CP(=O)([O-])[O-])CP(=O)([O-])[O-])CCN(CP(=O)([O-])[O-])CP(=O)([O-])[O-].[Na+].[Na+].[Na+].[Na+].[Na+].[Na+].[Na+]. The molecule has 0 amide bonds. The van der Waals surface area contributed by atoms with Gasteiger partial charge in [0.05, 0.1) is 0 Å². The Morgan fingerprint density at radius 3 is 0.590 bits per heavy atom. The standard InChI is InChI=1S/C9H28N3O15P5.7Na/c13-28(14,15)5-10(1-3-11(6-29(16,17)18)7-30(19,20)21)2-4-12(8-31(22,23)24)9-32(25,26)27;;;;;;;/h1-9H2,(H2,13,14,15)(H2,16,17,18)(H2,19,20,21)(H2,22,23,24)(H2,25,26,27);;;;;;;/q;7*+1/p-10. The van der Waals surface area contributed by atoms with Crippen LogP contribution in [0.5, 0.6) is 0 Å².